The first kappa shape index (κ1) is 13.1. The summed E-state index contributed by atoms with van der Waals surface area (Å²) < 4.78 is 1.59. The number of aromatic nitrogens is 1. The summed E-state index contributed by atoms with van der Waals surface area (Å²) >= 11 is 0. The Morgan fingerprint density at radius 1 is 1.26 bits per heavy atom. The summed E-state index contributed by atoms with van der Waals surface area (Å²) in [4.78, 5) is 25.1. The molecule has 0 saturated carbocycles. The molecule has 0 aliphatic rings. The molecule has 4 nitrogen and oxygen atoms in total. The molecule has 0 atom stereocenters. The first-order chi connectivity index (χ1) is 9.00. The Morgan fingerprint density at radius 2 is 1.95 bits per heavy atom. The number of rotatable bonds is 2. The summed E-state index contributed by atoms with van der Waals surface area (Å²) in [6.45, 7) is 0. The van der Waals surface area contributed by atoms with Crippen LogP contribution >= 0.6 is 0 Å². The van der Waals surface area contributed by atoms with Crippen LogP contribution in [0.2, 0.25) is 0 Å². The van der Waals surface area contributed by atoms with Gasteiger partial charge in [0.05, 0.1) is 5.52 Å². The van der Waals surface area contributed by atoms with Crippen molar-refractivity contribution >= 4 is 22.9 Å². The van der Waals surface area contributed by atoms with Crippen molar-refractivity contribution in [1.29, 1.82) is 0 Å². The molecular weight excluding hydrogens is 240 g/mol. The molecule has 2 aromatic rings. The van der Waals surface area contributed by atoms with Crippen LogP contribution in [0.25, 0.3) is 17.0 Å². The first-order valence-electron chi connectivity index (χ1n) is 5.99. The zero-order chi connectivity index (χ0) is 14.0. The van der Waals surface area contributed by atoms with Gasteiger partial charge in [-0.1, -0.05) is 18.2 Å². The number of carbonyl (C=O) groups excluding carboxylic acids is 1. The number of likely N-dealkylation sites (N-methyl/N-ethyl adjacent to an activating group) is 1. The molecule has 19 heavy (non-hydrogen) atoms. The van der Waals surface area contributed by atoms with Crippen molar-refractivity contribution in [1.82, 2.24) is 9.47 Å². The third-order valence-electron chi connectivity index (χ3n) is 3.01. The second-order valence-electron chi connectivity index (χ2n) is 4.59. The quantitative estimate of drug-likeness (QED) is 0.767. The highest BCUT2D eigenvalue weighted by Crippen LogP contribution is 2.12. The molecule has 1 aromatic heterocycles. The van der Waals surface area contributed by atoms with Crippen molar-refractivity contribution in [2.45, 2.75) is 0 Å². The molecule has 0 aliphatic heterocycles. The van der Waals surface area contributed by atoms with Crippen molar-refractivity contribution < 1.29 is 4.79 Å². The summed E-state index contributed by atoms with van der Waals surface area (Å²) in [5, 5.41) is 0.974. The lowest BCUT2D eigenvalue weighted by molar-refractivity contribution is -0.123. The Hall–Kier alpha value is -2.36. The lowest BCUT2D eigenvalue weighted by Crippen LogP contribution is -2.21. The van der Waals surface area contributed by atoms with Crippen LogP contribution in [0.15, 0.2) is 41.2 Å². The number of nitrogens with zero attached hydrogens (tertiary/aromatic N) is 2. The molecule has 0 N–H and O–H groups in total. The van der Waals surface area contributed by atoms with Crippen molar-refractivity contribution in [3.05, 3.63) is 52.3 Å². The molecule has 1 aromatic carbocycles. The summed E-state index contributed by atoms with van der Waals surface area (Å²) in [6, 6.07) is 9.46. The molecule has 0 unspecified atom stereocenters. The minimum Gasteiger partial charge on any atom is -0.345 e. The van der Waals surface area contributed by atoms with E-state index in [1.807, 2.05) is 24.3 Å². The smallest absolute Gasteiger partial charge is 0.258 e. The van der Waals surface area contributed by atoms with Gasteiger partial charge in [-0.3, -0.25) is 9.59 Å². The van der Waals surface area contributed by atoms with E-state index in [4.69, 9.17) is 0 Å². The highest BCUT2D eigenvalue weighted by molar-refractivity contribution is 5.92. The van der Waals surface area contributed by atoms with Gasteiger partial charge in [0.1, 0.15) is 0 Å². The highest BCUT2D eigenvalue weighted by Gasteiger charge is 2.04. The van der Waals surface area contributed by atoms with Gasteiger partial charge in [0.15, 0.2) is 0 Å². The lowest BCUT2D eigenvalue weighted by atomic mass is 10.1. The summed E-state index contributed by atoms with van der Waals surface area (Å²) in [6.07, 6.45) is 2.97. The summed E-state index contributed by atoms with van der Waals surface area (Å²) in [7, 11) is 5.08. The Labute approximate surface area is 111 Å². The summed E-state index contributed by atoms with van der Waals surface area (Å²) in [5.74, 6) is -0.143. The average Bonchev–Trinajstić information content (AvgIpc) is 2.40. The van der Waals surface area contributed by atoms with E-state index < -0.39 is 0 Å². The van der Waals surface area contributed by atoms with Crippen LogP contribution in [-0.2, 0) is 11.8 Å². The highest BCUT2D eigenvalue weighted by atomic mass is 16.2. The minimum absolute atomic E-state index is 0.110. The minimum atomic E-state index is -0.143. The van der Waals surface area contributed by atoms with E-state index in [9.17, 15) is 9.59 Å². The number of aryl methyl sites for hydroxylation is 1. The Kier molecular flexibility index (Phi) is 3.51. The molecule has 0 aliphatic carbocycles. The standard InChI is InChI=1S/C15H16N2O2/c1-16(2)14(18)9-8-12-10-11-6-4-5-7-13(11)17(3)15(12)19/h4-10H,1-3H3/b9-8+. The molecule has 0 spiro atoms. The lowest BCUT2D eigenvalue weighted by Gasteiger charge is -2.07. The molecule has 98 valence electrons. The number of benzene rings is 1. The normalized spacial score (nSPS) is 11.1. The van der Waals surface area contributed by atoms with Crippen LogP contribution in [0.1, 0.15) is 5.56 Å². The number of fused-ring (bicyclic) bond motifs is 1. The van der Waals surface area contributed by atoms with E-state index in [0.717, 1.165) is 10.9 Å². The second-order valence-corrected chi connectivity index (χ2v) is 4.59. The largest absolute Gasteiger partial charge is 0.345 e. The van der Waals surface area contributed by atoms with Crippen LogP contribution in [0.4, 0.5) is 0 Å². The molecular formula is C15H16N2O2. The monoisotopic (exact) mass is 256 g/mol. The zero-order valence-electron chi connectivity index (χ0n) is 11.3. The van der Waals surface area contributed by atoms with Gasteiger partial charge in [0, 0.05) is 32.8 Å². The van der Waals surface area contributed by atoms with Gasteiger partial charge in [-0.15, -0.1) is 0 Å². The molecule has 0 saturated heterocycles. The fourth-order valence-corrected chi connectivity index (χ4v) is 1.88. The second kappa shape index (κ2) is 5.10. The maximum Gasteiger partial charge on any atom is 0.258 e. The molecule has 0 bridgehead atoms. The van der Waals surface area contributed by atoms with Gasteiger partial charge < -0.3 is 9.47 Å². The third kappa shape index (κ3) is 2.57. The predicted molar refractivity (Wildman–Crippen MR) is 76.9 cm³/mol. The van der Waals surface area contributed by atoms with Crippen LogP contribution in [0.3, 0.4) is 0 Å². The Bertz CT molecular complexity index is 712. The summed E-state index contributed by atoms with van der Waals surface area (Å²) in [5.41, 5.74) is 1.28. The number of amides is 1. The average molecular weight is 256 g/mol. The van der Waals surface area contributed by atoms with Crippen molar-refractivity contribution in [3.8, 4) is 0 Å². The van der Waals surface area contributed by atoms with Gasteiger partial charge in [0.2, 0.25) is 5.91 Å². The molecule has 1 heterocycles. The van der Waals surface area contributed by atoms with E-state index >= 15 is 0 Å². The first-order valence-corrected chi connectivity index (χ1v) is 5.99. The molecule has 1 amide bonds. The fourth-order valence-electron chi connectivity index (χ4n) is 1.88. The molecule has 0 radical (unpaired) electrons. The maximum atomic E-state index is 12.2. The van der Waals surface area contributed by atoms with Crippen molar-refractivity contribution in [3.63, 3.8) is 0 Å². The van der Waals surface area contributed by atoms with E-state index in [2.05, 4.69) is 0 Å². The van der Waals surface area contributed by atoms with Crippen LogP contribution in [0.5, 0.6) is 0 Å². The topological polar surface area (TPSA) is 42.3 Å². The van der Waals surface area contributed by atoms with E-state index in [1.54, 1.807) is 37.9 Å². The molecule has 0 fully saturated rings. The number of pyridine rings is 1. The van der Waals surface area contributed by atoms with Crippen LogP contribution in [0, 0.1) is 0 Å². The van der Waals surface area contributed by atoms with E-state index in [0.29, 0.717) is 5.56 Å². The van der Waals surface area contributed by atoms with Gasteiger partial charge >= 0.3 is 0 Å². The van der Waals surface area contributed by atoms with Gasteiger partial charge in [-0.25, -0.2) is 0 Å². The zero-order valence-corrected chi connectivity index (χ0v) is 11.3. The SMILES string of the molecule is CN(C)C(=O)/C=C/c1cc2ccccc2n(C)c1=O. The Morgan fingerprint density at radius 3 is 2.63 bits per heavy atom. The fraction of sp³-hybridized carbons (Fsp3) is 0.200. The van der Waals surface area contributed by atoms with E-state index in [-0.39, 0.29) is 11.5 Å². The van der Waals surface area contributed by atoms with Gasteiger partial charge in [-0.2, -0.15) is 0 Å². The van der Waals surface area contributed by atoms with Crippen LogP contribution in [-0.4, -0.2) is 29.5 Å². The Balaban J connectivity index is 2.53. The number of carbonyl (C=O) groups is 1. The third-order valence-corrected chi connectivity index (χ3v) is 3.01. The number of hydrogen-bond acceptors (Lipinski definition) is 2. The number of hydrogen-bond donors (Lipinski definition) is 0. The van der Waals surface area contributed by atoms with Gasteiger partial charge in [0.25, 0.3) is 5.56 Å². The van der Waals surface area contributed by atoms with Crippen molar-refractivity contribution in [2.75, 3.05) is 14.1 Å². The maximum absolute atomic E-state index is 12.2. The predicted octanol–water partition coefficient (Wildman–Crippen LogP) is 1.64. The van der Waals surface area contributed by atoms with Crippen molar-refractivity contribution in [2.24, 2.45) is 7.05 Å². The molecule has 2 rings (SSSR count). The van der Waals surface area contributed by atoms with E-state index in [1.165, 1.54) is 11.0 Å². The van der Waals surface area contributed by atoms with Gasteiger partial charge in [-0.05, 0) is 23.6 Å². The number of para-hydroxylation sites is 1. The van der Waals surface area contributed by atoms with Crippen LogP contribution < -0.4 is 5.56 Å². The molecule has 4 heteroatoms.